The van der Waals surface area contributed by atoms with Crippen molar-refractivity contribution in [2.75, 3.05) is 38.1 Å². The van der Waals surface area contributed by atoms with Gasteiger partial charge in [-0.1, -0.05) is 12.7 Å². The molecule has 0 saturated carbocycles. The van der Waals surface area contributed by atoms with Crippen molar-refractivity contribution in [3.63, 3.8) is 0 Å². The van der Waals surface area contributed by atoms with Gasteiger partial charge in [-0.2, -0.15) is 0 Å². The molecule has 3 nitrogen and oxygen atoms in total. The molecule has 0 atom stereocenters. The van der Waals surface area contributed by atoms with Crippen LogP contribution in [0.3, 0.4) is 0 Å². The first-order valence-electron chi connectivity index (χ1n) is 6.73. The summed E-state index contributed by atoms with van der Waals surface area (Å²) in [5.41, 5.74) is 1.72. The second kappa shape index (κ2) is 4.39. The number of aromatic nitrogens is 1. The van der Waals surface area contributed by atoms with Gasteiger partial charge in [-0.25, -0.2) is 4.98 Å². The van der Waals surface area contributed by atoms with E-state index in [-0.39, 0.29) is 0 Å². The van der Waals surface area contributed by atoms with Crippen molar-refractivity contribution >= 4 is 11.9 Å². The lowest BCUT2D eigenvalue weighted by Crippen LogP contribution is -2.60. The van der Waals surface area contributed by atoms with Crippen LogP contribution in [0, 0.1) is 5.41 Å². The van der Waals surface area contributed by atoms with Gasteiger partial charge in [0.2, 0.25) is 0 Å². The van der Waals surface area contributed by atoms with E-state index in [4.69, 9.17) is 0 Å². The Morgan fingerprint density at radius 3 is 2.72 bits per heavy atom. The smallest absolute Gasteiger partial charge is 0.129 e. The fourth-order valence-corrected chi connectivity index (χ4v) is 3.07. The van der Waals surface area contributed by atoms with Gasteiger partial charge >= 0.3 is 0 Å². The first-order valence-corrected chi connectivity index (χ1v) is 6.73. The van der Waals surface area contributed by atoms with E-state index in [1.165, 1.54) is 39.0 Å². The molecule has 3 heteroatoms. The molecule has 0 aliphatic carbocycles. The molecular formula is C15H21N3. The topological polar surface area (TPSA) is 19.4 Å². The van der Waals surface area contributed by atoms with Crippen LogP contribution in [0.1, 0.15) is 18.4 Å². The number of hydrogen-bond acceptors (Lipinski definition) is 3. The van der Waals surface area contributed by atoms with Crippen LogP contribution in [-0.4, -0.2) is 43.1 Å². The minimum atomic E-state index is 0.568. The van der Waals surface area contributed by atoms with E-state index in [0.717, 1.165) is 11.4 Å². The van der Waals surface area contributed by atoms with E-state index in [9.17, 15) is 0 Å². The predicted molar refractivity (Wildman–Crippen MR) is 75.7 cm³/mol. The maximum absolute atomic E-state index is 4.47. The molecular weight excluding hydrogens is 222 g/mol. The number of nitrogens with zero attached hydrogens (tertiary/aromatic N) is 3. The van der Waals surface area contributed by atoms with Gasteiger partial charge in [0.25, 0.3) is 0 Å². The number of hydrogen-bond donors (Lipinski definition) is 0. The maximum atomic E-state index is 4.47. The molecule has 2 fully saturated rings. The Kier molecular flexibility index (Phi) is 2.86. The van der Waals surface area contributed by atoms with Crippen molar-refractivity contribution in [3.8, 4) is 0 Å². The van der Waals surface area contributed by atoms with Crippen LogP contribution in [0.4, 0.5) is 5.82 Å². The summed E-state index contributed by atoms with van der Waals surface area (Å²) in [5.74, 6) is 1.11. The molecule has 0 N–H and O–H groups in total. The maximum Gasteiger partial charge on any atom is 0.129 e. The van der Waals surface area contributed by atoms with Gasteiger partial charge in [-0.15, -0.1) is 0 Å². The van der Waals surface area contributed by atoms with Crippen molar-refractivity contribution in [2.45, 2.75) is 12.8 Å². The van der Waals surface area contributed by atoms with E-state index in [0.29, 0.717) is 5.41 Å². The van der Waals surface area contributed by atoms with Gasteiger partial charge < -0.3 is 9.80 Å². The molecule has 1 spiro atoms. The van der Waals surface area contributed by atoms with Crippen LogP contribution in [0.15, 0.2) is 24.9 Å². The second-order valence-electron chi connectivity index (χ2n) is 5.81. The van der Waals surface area contributed by atoms with Crippen LogP contribution in [0.2, 0.25) is 0 Å². The third-order valence-corrected chi connectivity index (χ3v) is 4.43. The Morgan fingerprint density at radius 1 is 1.33 bits per heavy atom. The van der Waals surface area contributed by atoms with Crippen molar-refractivity contribution < 1.29 is 0 Å². The molecule has 0 unspecified atom stereocenters. The zero-order chi connectivity index (χ0) is 12.6. The van der Waals surface area contributed by atoms with Crippen molar-refractivity contribution in [2.24, 2.45) is 5.41 Å². The summed E-state index contributed by atoms with van der Waals surface area (Å²) in [6.45, 7) is 8.65. The van der Waals surface area contributed by atoms with Crippen LogP contribution in [-0.2, 0) is 0 Å². The summed E-state index contributed by atoms with van der Waals surface area (Å²) < 4.78 is 0. The minimum Gasteiger partial charge on any atom is -0.355 e. The third kappa shape index (κ3) is 2.03. The molecule has 3 heterocycles. The molecule has 3 rings (SSSR count). The summed E-state index contributed by atoms with van der Waals surface area (Å²) >= 11 is 0. The minimum absolute atomic E-state index is 0.568. The highest BCUT2D eigenvalue weighted by Crippen LogP contribution is 2.41. The highest BCUT2D eigenvalue weighted by Gasteiger charge is 2.44. The summed E-state index contributed by atoms with van der Waals surface area (Å²) in [6.07, 6.45) is 6.44. The average molecular weight is 243 g/mol. The van der Waals surface area contributed by atoms with E-state index in [1.807, 2.05) is 18.3 Å². The number of anilines is 1. The summed E-state index contributed by atoms with van der Waals surface area (Å²) in [4.78, 5) is 9.31. The lowest BCUT2D eigenvalue weighted by molar-refractivity contribution is 0.0900. The number of rotatable bonds is 2. The molecule has 0 aromatic carbocycles. The first kappa shape index (κ1) is 11.7. The van der Waals surface area contributed by atoms with Gasteiger partial charge in [0.05, 0.1) is 0 Å². The number of pyridine rings is 1. The number of likely N-dealkylation sites (tertiary alicyclic amines) is 1. The molecule has 2 aliphatic rings. The van der Waals surface area contributed by atoms with Gasteiger partial charge in [0, 0.05) is 24.7 Å². The van der Waals surface area contributed by atoms with Gasteiger partial charge in [0.15, 0.2) is 0 Å². The molecule has 1 aromatic heterocycles. The molecule has 0 amide bonds. The van der Waals surface area contributed by atoms with Crippen molar-refractivity contribution in [1.29, 1.82) is 0 Å². The SMILES string of the molecule is C=Cc1ccnc(N2CC3(CCN(C)CC3)C2)c1. The standard InChI is InChI=1S/C15H21N3/c1-3-13-4-7-16-14(10-13)18-11-15(12-18)5-8-17(2)9-6-15/h3-4,7,10H,1,5-6,8-9,11-12H2,2H3. The average Bonchev–Trinajstić information content (AvgIpc) is 2.37. The fraction of sp³-hybridized carbons (Fsp3) is 0.533. The molecule has 1 aromatic rings. The van der Waals surface area contributed by atoms with E-state index in [1.54, 1.807) is 0 Å². The Bertz CT molecular complexity index is 439. The summed E-state index contributed by atoms with van der Waals surface area (Å²) in [6, 6.07) is 4.14. The zero-order valence-corrected chi connectivity index (χ0v) is 11.1. The highest BCUT2D eigenvalue weighted by molar-refractivity contribution is 5.54. The predicted octanol–water partition coefficient (Wildman–Crippen LogP) is 2.26. The van der Waals surface area contributed by atoms with Gasteiger partial charge in [0.1, 0.15) is 5.82 Å². The van der Waals surface area contributed by atoms with Crippen LogP contribution >= 0.6 is 0 Å². The summed E-state index contributed by atoms with van der Waals surface area (Å²) in [5, 5.41) is 0. The molecule has 2 aliphatic heterocycles. The van der Waals surface area contributed by atoms with E-state index < -0.39 is 0 Å². The first-order chi connectivity index (χ1) is 8.71. The summed E-state index contributed by atoms with van der Waals surface area (Å²) in [7, 11) is 2.22. The normalized spacial score (nSPS) is 22.8. The van der Waals surface area contributed by atoms with Gasteiger partial charge in [-0.05, 0) is 50.7 Å². The van der Waals surface area contributed by atoms with E-state index in [2.05, 4.69) is 34.5 Å². The monoisotopic (exact) mass is 243 g/mol. The Morgan fingerprint density at radius 2 is 2.06 bits per heavy atom. The molecule has 0 bridgehead atoms. The zero-order valence-electron chi connectivity index (χ0n) is 11.1. The van der Waals surface area contributed by atoms with Crippen molar-refractivity contribution in [3.05, 3.63) is 30.5 Å². The fourth-order valence-electron chi connectivity index (χ4n) is 3.07. The Balaban J connectivity index is 1.66. The van der Waals surface area contributed by atoms with Crippen LogP contribution in [0.25, 0.3) is 6.08 Å². The van der Waals surface area contributed by atoms with Crippen LogP contribution in [0.5, 0.6) is 0 Å². The lowest BCUT2D eigenvalue weighted by atomic mass is 9.72. The Hall–Kier alpha value is -1.35. The second-order valence-corrected chi connectivity index (χ2v) is 5.81. The molecule has 2 saturated heterocycles. The van der Waals surface area contributed by atoms with E-state index >= 15 is 0 Å². The molecule has 96 valence electrons. The Labute approximate surface area is 109 Å². The quantitative estimate of drug-likeness (QED) is 0.794. The largest absolute Gasteiger partial charge is 0.355 e. The van der Waals surface area contributed by atoms with Crippen LogP contribution < -0.4 is 4.90 Å². The van der Waals surface area contributed by atoms with Gasteiger partial charge in [-0.3, -0.25) is 0 Å². The third-order valence-electron chi connectivity index (χ3n) is 4.43. The lowest BCUT2D eigenvalue weighted by Gasteiger charge is -2.54. The molecule has 18 heavy (non-hydrogen) atoms. The van der Waals surface area contributed by atoms with Crippen molar-refractivity contribution in [1.82, 2.24) is 9.88 Å². The number of piperidine rings is 1. The highest BCUT2D eigenvalue weighted by atomic mass is 15.3. The molecule has 0 radical (unpaired) electrons.